The Balaban J connectivity index is 2.24. The summed E-state index contributed by atoms with van der Waals surface area (Å²) in [5.41, 5.74) is 2.69. The average molecular weight is 268 g/mol. The molecule has 0 saturated carbocycles. The maximum Gasteiger partial charge on any atom is 0.255 e. The van der Waals surface area contributed by atoms with Crippen molar-refractivity contribution in [3.05, 3.63) is 59.7 Å². The fourth-order valence-electron chi connectivity index (χ4n) is 1.91. The second-order valence-electron chi connectivity index (χ2n) is 4.50. The van der Waals surface area contributed by atoms with E-state index >= 15 is 0 Å². The first-order valence-electron chi connectivity index (χ1n) is 6.31. The average Bonchev–Trinajstić information content (AvgIpc) is 2.41. The molecule has 4 heteroatoms. The molecule has 2 rings (SSSR count). The van der Waals surface area contributed by atoms with Gasteiger partial charge in [-0.3, -0.25) is 9.59 Å². The third-order valence-corrected chi connectivity index (χ3v) is 2.88. The molecular weight excluding hydrogens is 252 g/mol. The van der Waals surface area contributed by atoms with E-state index in [4.69, 9.17) is 0 Å². The molecule has 0 aliphatic heterocycles. The molecule has 0 spiro atoms. The van der Waals surface area contributed by atoms with E-state index in [2.05, 4.69) is 10.6 Å². The molecule has 0 fully saturated rings. The first kappa shape index (κ1) is 13.8. The summed E-state index contributed by atoms with van der Waals surface area (Å²) in [6, 6.07) is 14.5. The summed E-state index contributed by atoms with van der Waals surface area (Å²) in [6.07, 6.45) is 0. The molecule has 4 nitrogen and oxygen atoms in total. The number of anilines is 2. The van der Waals surface area contributed by atoms with E-state index in [1.54, 1.807) is 30.3 Å². The zero-order valence-corrected chi connectivity index (χ0v) is 11.4. The van der Waals surface area contributed by atoms with Crippen molar-refractivity contribution in [2.24, 2.45) is 0 Å². The molecule has 0 aromatic heterocycles. The van der Waals surface area contributed by atoms with E-state index in [0.29, 0.717) is 16.9 Å². The topological polar surface area (TPSA) is 58.2 Å². The molecule has 0 atom stereocenters. The molecule has 20 heavy (non-hydrogen) atoms. The molecule has 2 aromatic carbocycles. The van der Waals surface area contributed by atoms with E-state index in [9.17, 15) is 9.59 Å². The Morgan fingerprint density at radius 3 is 2.00 bits per heavy atom. The lowest BCUT2D eigenvalue weighted by molar-refractivity contribution is -0.114. The molecule has 0 aliphatic carbocycles. The van der Waals surface area contributed by atoms with Gasteiger partial charge in [0, 0.05) is 12.5 Å². The second-order valence-corrected chi connectivity index (χ2v) is 4.50. The standard InChI is InChI=1S/C16H16N2O2/c1-11-7-3-4-8-13(11)16(20)18-15-10-6-5-9-14(15)17-12(2)19/h3-10H,1-2H3,(H,17,19)(H,18,20). The number of aryl methyl sites for hydroxylation is 1. The van der Waals surface area contributed by atoms with E-state index in [-0.39, 0.29) is 11.8 Å². The first-order chi connectivity index (χ1) is 9.58. The fourth-order valence-corrected chi connectivity index (χ4v) is 1.91. The Hall–Kier alpha value is -2.62. The number of carbonyl (C=O) groups excluding carboxylic acids is 2. The van der Waals surface area contributed by atoms with Crippen LogP contribution in [0, 0.1) is 6.92 Å². The molecule has 0 bridgehead atoms. The number of carbonyl (C=O) groups is 2. The van der Waals surface area contributed by atoms with Gasteiger partial charge in [-0.05, 0) is 30.7 Å². The largest absolute Gasteiger partial charge is 0.325 e. The van der Waals surface area contributed by atoms with Gasteiger partial charge < -0.3 is 10.6 Å². The minimum Gasteiger partial charge on any atom is -0.325 e. The van der Waals surface area contributed by atoms with E-state index in [1.165, 1.54) is 6.92 Å². The third-order valence-electron chi connectivity index (χ3n) is 2.88. The van der Waals surface area contributed by atoms with Crippen LogP contribution in [0.2, 0.25) is 0 Å². The lowest BCUT2D eigenvalue weighted by Gasteiger charge is -2.12. The first-order valence-corrected chi connectivity index (χ1v) is 6.31. The molecule has 0 unspecified atom stereocenters. The maximum atomic E-state index is 12.2. The van der Waals surface area contributed by atoms with Crippen LogP contribution in [0.5, 0.6) is 0 Å². The molecule has 2 N–H and O–H groups in total. The molecule has 2 aromatic rings. The van der Waals surface area contributed by atoms with Crippen LogP contribution in [0.15, 0.2) is 48.5 Å². The molecule has 0 saturated heterocycles. The van der Waals surface area contributed by atoms with Gasteiger partial charge in [0.05, 0.1) is 11.4 Å². The van der Waals surface area contributed by atoms with E-state index < -0.39 is 0 Å². The van der Waals surface area contributed by atoms with Crippen LogP contribution in [0.3, 0.4) is 0 Å². The Labute approximate surface area is 117 Å². The number of rotatable bonds is 3. The Morgan fingerprint density at radius 2 is 1.40 bits per heavy atom. The number of nitrogens with one attached hydrogen (secondary N) is 2. The molecule has 0 heterocycles. The van der Waals surface area contributed by atoms with Crippen molar-refractivity contribution in [2.45, 2.75) is 13.8 Å². The summed E-state index contributed by atoms with van der Waals surface area (Å²) in [6.45, 7) is 3.31. The highest BCUT2D eigenvalue weighted by Crippen LogP contribution is 2.22. The molecule has 0 radical (unpaired) electrons. The number of para-hydroxylation sites is 2. The van der Waals surface area contributed by atoms with Crippen molar-refractivity contribution in [2.75, 3.05) is 10.6 Å². The summed E-state index contributed by atoms with van der Waals surface area (Å²) >= 11 is 0. The number of hydrogen-bond acceptors (Lipinski definition) is 2. The molecule has 102 valence electrons. The number of hydrogen-bond donors (Lipinski definition) is 2. The number of amides is 2. The predicted octanol–water partition coefficient (Wildman–Crippen LogP) is 3.21. The highest BCUT2D eigenvalue weighted by molar-refractivity contribution is 6.07. The second kappa shape index (κ2) is 6.02. The fraction of sp³-hybridized carbons (Fsp3) is 0.125. The summed E-state index contributed by atoms with van der Waals surface area (Å²) in [5.74, 6) is -0.372. The van der Waals surface area contributed by atoms with Crippen molar-refractivity contribution < 1.29 is 9.59 Å². The molecule has 0 aliphatic rings. The van der Waals surface area contributed by atoms with Crippen LogP contribution >= 0.6 is 0 Å². The van der Waals surface area contributed by atoms with Crippen LogP contribution in [0.1, 0.15) is 22.8 Å². The van der Waals surface area contributed by atoms with Gasteiger partial charge in [0.1, 0.15) is 0 Å². The van der Waals surface area contributed by atoms with Crippen molar-refractivity contribution in [1.29, 1.82) is 0 Å². The Kier molecular flexibility index (Phi) is 4.15. The zero-order chi connectivity index (χ0) is 14.5. The van der Waals surface area contributed by atoms with Gasteiger partial charge in [0.25, 0.3) is 5.91 Å². The highest BCUT2D eigenvalue weighted by Gasteiger charge is 2.11. The minimum atomic E-state index is -0.194. The maximum absolute atomic E-state index is 12.2. The molecule has 2 amide bonds. The SMILES string of the molecule is CC(=O)Nc1ccccc1NC(=O)c1ccccc1C. The molecular formula is C16H16N2O2. The third kappa shape index (κ3) is 3.23. The zero-order valence-electron chi connectivity index (χ0n) is 11.4. The quantitative estimate of drug-likeness (QED) is 0.898. The van der Waals surface area contributed by atoms with Crippen LogP contribution in [0.25, 0.3) is 0 Å². The van der Waals surface area contributed by atoms with Crippen LogP contribution in [0.4, 0.5) is 11.4 Å². The van der Waals surface area contributed by atoms with Gasteiger partial charge in [0.15, 0.2) is 0 Å². The van der Waals surface area contributed by atoms with Crippen LogP contribution in [-0.4, -0.2) is 11.8 Å². The monoisotopic (exact) mass is 268 g/mol. The van der Waals surface area contributed by atoms with Gasteiger partial charge >= 0.3 is 0 Å². The van der Waals surface area contributed by atoms with Gasteiger partial charge in [0.2, 0.25) is 5.91 Å². The summed E-state index contributed by atoms with van der Waals surface area (Å²) in [4.78, 5) is 23.4. The van der Waals surface area contributed by atoms with Gasteiger partial charge in [-0.25, -0.2) is 0 Å². The Morgan fingerprint density at radius 1 is 0.850 bits per heavy atom. The van der Waals surface area contributed by atoms with Crippen molar-refractivity contribution >= 4 is 23.2 Å². The smallest absolute Gasteiger partial charge is 0.255 e. The summed E-state index contributed by atoms with van der Waals surface area (Å²) in [5, 5.41) is 5.51. The van der Waals surface area contributed by atoms with Crippen molar-refractivity contribution in [3.8, 4) is 0 Å². The summed E-state index contributed by atoms with van der Waals surface area (Å²) < 4.78 is 0. The van der Waals surface area contributed by atoms with Crippen LogP contribution < -0.4 is 10.6 Å². The minimum absolute atomic E-state index is 0.178. The normalized spacial score (nSPS) is 9.90. The van der Waals surface area contributed by atoms with Gasteiger partial charge in [-0.15, -0.1) is 0 Å². The lowest BCUT2D eigenvalue weighted by atomic mass is 10.1. The van der Waals surface area contributed by atoms with E-state index in [0.717, 1.165) is 5.56 Å². The summed E-state index contributed by atoms with van der Waals surface area (Å²) in [7, 11) is 0. The van der Waals surface area contributed by atoms with Gasteiger partial charge in [-0.1, -0.05) is 30.3 Å². The van der Waals surface area contributed by atoms with Crippen molar-refractivity contribution in [1.82, 2.24) is 0 Å². The number of benzene rings is 2. The Bertz CT molecular complexity index is 650. The van der Waals surface area contributed by atoms with Crippen molar-refractivity contribution in [3.63, 3.8) is 0 Å². The lowest BCUT2D eigenvalue weighted by Crippen LogP contribution is -2.15. The predicted molar refractivity (Wildman–Crippen MR) is 79.9 cm³/mol. The van der Waals surface area contributed by atoms with Gasteiger partial charge in [-0.2, -0.15) is 0 Å². The van der Waals surface area contributed by atoms with Crippen LogP contribution in [-0.2, 0) is 4.79 Å². The van der Waals surface area contributed by atoms with E-state index in [1.807, 2.05) is 25.1 Å². The highest BCUT2D eigenvalue weighted by atomic mass is 16.2.